The van der Waals surface area contributed by atoms with E-state index in [-0.39, 0.29) is 13.2 Å². The highest BCUT2D eigenvalue weighted by Gasteiger charge is 2.18. The number of hydrogen-bond donors (Lipinski definition) is 4. The third-order valence-electron chi connectivity index (χ3n) is 8.47. The lowest BCUT2D eigenvalue weighted by Gasteiger charge is -2.14. The number of benzene rings is 3. The van der Waals surface area contributed by atoms with Crippen LogP contribution in [-0.2, 0) is 19.7 Å². The molecule has 0 amide bonds. The summed E-state index contributed by atoms with van der Waals surface area (Å²) >= 11 is 0. The number of aryl methyl sites for hydroxylation is 3. The first-order valence-electron chi connectivity index (χ1n) is 16.3. The van der Waals surface area contributed by atoms with Gasteiger partial charge in [0, 0.05) is 51.2 Å². The first-order chi connectivity index (χ1) is 22.0. The molecule has 0 radical (unpaired) electrons. The van der Waals surface area contributed by atoms with E-state index in [1.54, 1.807) is 0 Å². The van der Waals surface area contributed by atoms with E-state index in [4.69, 9.17) is 4.74 Å². The molecule has 2 aromatic heterocycles. The fourth-order valence-corrected chi connectivity index (χ4v) is 6.14. The molecule has 2 heterocycles. The van der Waals surface area contributed by atoms with E-state index in [1.165, 1.54) is 16.6 Å². The summed E-state index contributed by atoms with van der Waals surface area (Å²) in [5.74, 6) is 0.834. The van der Waals surface area contributed by atoms with Crippen LogP contribution >= 0.6 is 0 Å². The lowest BCUT2D eigenvalue weighted by molar-refractivity contribution is -0.678. The summed E-state index contributed by atoms with van der Waals surface area (Å²) in [5, 5.41) is 28.9. The summed E-state index contributed by atoms with van der Waals surface area (Å²) in [6, 6.07) is 27.4. The van der Waals surface area contributed by atoms with Crippen LogP contribution in [0.4, 0.5) is 11.4 Å². The van der Waals surface area contributed by atoms with Crippen LogP contribution in [0.15, 0.2) is 78.9 Å². The number of nitrogens with zero attached hydrogens (tertiary/aromatic N) is 2. The Bertz CT molecular complexity index is 1720. The van der Waals surface area contributed by atoms with Gasteiger partial charge in [-0.1, -0.05) is 49.2 Å². The normalized spacial score (nSPS) is 11.3. The van der Waals surface area contributed by atoms with Gasteiger partial charge < -0.3 is 25.6 Å². The first-order valence-corrected chi connectivity index (χ1v) is 16.3. The first kappa shape index (κ1) is 32.2. The smallest absolute Gasteiger partial charge is 0.215 e. The van der Waals surface area contributed by atoms with Crippen LogP contribution in [0.25, 0.3) is 21.8 Å². The molecule has 236 valence electrons. The second-order valence-electron chi connectivity index (χ2n) is 11.9. The number of aromatic nitrogens is 2. The molecule has 0 bridgehead atoms. The van der Waals surface area contributed by atoms with Crippen molar-refractivity contribution in [2.45, 2.75) is 66.2 Å². The maximum Gasteiger partial charge on any atom is 0.215 e. The van der Waals surface area contributed by atoms with Crippen molar-refractivity contribution in [3.63, 3.8) is 0 Å². The van der Waals surface area contributed by atoms with Crippen molar-refractivity contribution in [3.8, 4) is 5.75 Å². The van der Waals surface area contributed by atoms with E-state index in [0.717, 1.165) is 83.6 Å². The number of hydrogen-bond acceptors (Lipinski definition) is 5. The van der Waals surface area contributed by atoms with Gasteiger partial charge in [-0.3, -0.25) is 0 Å². The van der Waals surface area contributed by atoms with Gasteiger partial charge >= 0.3 is 0 Å². The summed E-state index contributed by atoms with van der Waals surface area (Å²) in [6.07, 6.45) is 4.50. The standard InChI is InChI=1S/C38H46N4O3/c1-28-13-15-37-33(23-28)35(24-29(2)41(37)19-21-43)39-17-9-4-5-10-18-40-36-25-30(3)42(20-22-44)38-16-14-32(26-34(36)38)45-27-31-11-7-6-8-12-31/h6-8,11-16,23-26,43-44H,4-5,9-10,17-22,27H2,1-3H3/p+2. The van der Waals surface area contributed by atoms with Crippen LogP contribution in [0.5, 0.6) is 5.75 Å². The molecule has 3 aromatic carbocycles. The SMILES string of the molecule is Cc1ccc2c(c1)c(NCCCCCCNc1cc(C)[n+](CCO)c3ccc(OCc4ccccc4)cc13)cc(C)[n+]2CCO. The fraction of sp³-hybridized carbons (Fsp3) is 0.368. The van der Waals surface area contributed by atoms with Crippen molar-refractivity contribution in [3.05, 3.63) is 101 Å². The van der Waals surface area contributed by atoms with Crippen molar-refractivity contribution in [1.82, 2.24) is 0 Å². The Balaban J connectivity index is 1.16. The molecular weight excluding hydrogens is 560 g/mol. The lowest BCUT2D eigenvalue weighted by atomic mass is 10.1. The van der Waals surface area contributed by atoms with Gasteiger partial charge in [-0.25, -0.2) is 0 Å². The number of unbranched alkanes of at least 4 members (excludes halogenated alkanes) is 3. The Morgan fingerprint density at radius 1 is 0.622 bits per heavy atom. The number of rotatable bonds is 16. The van der Waals surface area contributed by atoms with Crippen LogP contribution < -0.4 is 24.5 Å². The Labute approximate surface area is 267 Å². The molecular formula is C38H48N4O3+2. The predicted octanol–water partition coefficient (Wildman–Crippen LogP) is 6.14. The number of ether oxygens (including phenoxy) is 1. The molecule has 0 aliphatic carbocycles. The second kappa shape index (κ2) is 15.7. The Morgan fingerprint density at radius 3 is 1.76 bits per heavy atom. The number of pyridine rings is 2. The van der Waals surface area contributed by atoms with Crippen molar-refractivity contribution in [2.75, 3.05) is 36.9 Å². The minimum atomic E-state index is 0.0952. The summed E-state index contributed by atoms with van der Waals surface area (Å²) < 4.78 is 10.5. The van der Waals surface area contributed by atoms with E-state index in [9.17, 15) is 10.2 Å². The minimum Gasteiger partial charge on any atom is -0.489 e. The van der Waals surface area contributed by atoms with E-state index >= 15 is 0 Å². The molecule has 0 aliphatic rings. The van der Waals surface area contributed by atoms with Crippen LogP contribution in [-0.4, -0.2) is 36.5 Å². The Morgan fingerprint density at radius 2 is 1.18 bits per heavy atom. The number of aliphatic hydroxyl groups is 2. The summed E-state index contributed by atoms with van der Waals surface area (Å²) in [6.45, 7) is 10.1. The zero-order chi connectivity index (χ0) is 31.6. The number of nitrogens with one attached hydrogen (secondary N) is 2. The molecule has 0 saturated heterocycles. The maximum atomic E-state index is 9.69. The Hall–Kier alpha value is -4.20. The molecule has 7 nitrogen and oxygen atoms in total. The molecule has 0 aliphatic heterocycles. The van der Waals surface area contributed by atoms with Gasteiger partial charge in [-0.15, -0.1) is 0 Å². The second-order valence-corrected chi connectivity index (χ2v) is 11.9. The van der Waals surface area contributed by atoms with Gasteiger partial charge in [-0.05, 0) is 49.1 Å². The summed E-state index contributed by atoms with van der Waals surface area (Å²) in [4.78, 5) is 0. The summed E-state index contributed by atoms with van der Waals surface area (Å²) in [7, 11) is 0. The van der Waals surface area contributed by atoms with Gasteiger partial charge in [0.1, 0.15) is 25.6 Å². The van der Waals surface area contributed by atoms with Gasteiger partial charge in [0.25, 0.3) is 0 Å². The van der Waals surface area contributed by atoms with Crippen molar-refractivity contribution >= 4 is 33.2 Å². The number of anilines is 2. The molecule has 0 fully saturated rings. The van der Waals surface area contributed by atoms with E-state index < -0.39 is 0 Å². The number of fused-ring (bicyclic) bond motifs is 2. The van der Waals surface area contributed by atoms with Crippen LogP contribution in [0.3, 0.4) is 0 Å². The fourth-order valence-electron chi connectivity index (χ4n) is 6.14. The molecule has 0 unspecified atom stereocenters. The monoisotopic (exact) mass is 608 g/mol. The third kappa shape index (κ3) is 8.10. The Kier molecular flexibility index (Phi) is 11.2. The van der Waals surface area contributed by atoms with Crippen LogP contribution in [0.2, 0.25) is 0 Å². The molecule has 5 rings (SSSR count). The zero-order valence-corrected chi connectivity index (χ0v) is 27.0. The molecule has 5 aromatic rings. The van der Waals surface area contributed by atoms with Gasteiger partial charge in [0.2, 0.25) is 11.0 Å². The van der Waals surface area contributed by atoms with E-state index in [1.807, 2.05) is 24.3 Å². The predicted molar refractivity (Wildman–Crippen MR) is 183 cm³/mol. The van der Waals surface area contributed by atoms with Crippen LogP contribution in [0, 0.1) is 20.8 Å². The average molecular weight is 609 g/mol. The average Bonchev–Trinajstić information content (AvgIpc) is 3.05. The molecule has 0 spiro atoms. The highest BCUT2D eigenvalue weighted by molar-refractivity contribution is 5.91. The highest BCUT2D eigenvalue weighted by Crippen LogP contribution is 2.28. The number of aliphatic hydroxyl groups excluding tert-OH is 2. The molecule has 0 atom stereocenters. The van der Waals surface area contributed by atoms with Gasteiger partial charge in [-0.2, -0.15) is 9.13 Å². The van der Waals surface area contributed by atoms with E-state index in [2.05, 4.69) is 95.1 Å². The lowest BCUT2D eigenvalue weighted by Crippen LogP contribution is -2.39. The van der Waals surface area contributed by atoms with E-state index in [0.29, 0.717) is 19.7 Å². The molecule has 45 heavy (non-hydrogen) atoms. The largest absolute Gasteiger partial charge is 0.489 e. The van der Waals surface area contributed by atoms with Crippen molar-refractivity contribution in [1.29, 1.82) is 0 Å². The van der Waals surface area contributed by atoms with Gasteiger partial charge in [0.05, 0.1) is 22.1 Å². The minimum absolute atomic E-state index is 0.0952. The zero-order valence-electron chi connectivity index (χ0n) is 27.0. The molecule has 0 saturated carbocycles. The molecule has 4 N–H and O–H groups in total. The van der Waals surface area contributed by atoms with Gasteiger partial charge in [0.15, 0.2) is 24.5 Å². The third-order valence-corrected chi connectivity index (χ3v) is 8.47. The quantitative estimate of drug-likeness (QED) is 0.0799. The van der Waals surface area contributed by atoms with Crippen molar-refractivity contribution < 1.29 is 24.1 Å². The molecule has 7 heteroatoms. The highest BCUT2D eigenvalue weighted by atomic mass is 16.5. The maximum absolute atomic E-state index is 9.69. The summed E-state index contributed by atoms with van der Waals surface area (Å²) in [5.41, 5.74) is 9.15. The van der Waals surface area contributed by atoms with Crippen LogP contribution in [0.1, 0.15) is 48.2 Å². The topological polar surface area (TPSA) is 81.5 Å². The van der Waals surface area contributed by atoms with Crippen molar-refractivity contribution in [2.24, 2.45) is 0 Å².